The van der Waals surface area contributed by atoms with Gasteiger partial charge >= 0.3 is 11.9 Å². The zero-order valence-electron chi connectivity index (χ0n) is 11.0. The molecule has 0 radical (unpaired) electrons. The summed E-state index contributed by atoms with van der Waals surface area (Å²) in [5.41, 5.74) is 0.700. The second kappa shape index (κ2) is 5.05. The van der Waals surface area contributed by atoms with Crippen LogP contribution in [0.1, 0.15) is 12.0 Å². The lowest BCUT2D eigenvalue weighted by Gasteiger charge is -2.30. The van der Waals surface area contributed by atoms with E-state index in [1.807, 2.05) is 0 Å². The zero-order chi connectivity index (χ0) is 15.4. The molecule has 0 N–H and O–H groups in total. The fraction of sp³-hybridized carbons (Fsp3) is 0.500. The molecule has 3 heterocycles. The smallest absolute Gasteiger partial charge is 0.318 e. The lowest BCUT2D eigenvalue weighted by atomic mass is 9.89. The van der Waals surface area contributed by atoms with E-state index < -0.39 is 33.8 Å². The maximum absolute atomic E-state index is 12.6. The molecule has 1 aromatic heterocycles. The van der Waals surface area contributed by atoms with Gasteiger partial charge in [-0.25, -0.2) is 8.42 Å². The number of hydrogen-bond acceptors (Lipinski definition) is 6. The van der Waals surface area contributed by atoms with Gasteiger partial charge in [-0.2, -0.15) is 4.31 Å². The Morgan fingerprint density at radius 1 is 1.33 bits per heavy atom. The molecule has 2 saturated heterocycles. The van der Waals surface area contributed by atoms with Crippen LogP contribution in [0.4, 0.5) is 0 Å². The van der Waals surface area contributed by atoms with Crippen molar-refractivity contribution in [1.29, 1.82) is 0 Å². The van der Waals surface area contributed by atoms with Crippen molar-refractivity contribution < 1.29 is 22.7 Å². The maximum Gasteiger partial charge on any atom is 0.318 e. The number of piperidine rings is 1. The van der Waals surface area contributed by atoms with E-state index in [1.165, 1.54) is 10.4 Å². The first kappa shape index (κ1) is 15.0. The minimum atomic E-state index is -3.69. The molecule has 2 atom stereocenters. The van der Waals surface area contributed by atoms with Crippen molar-refractivity contribution in [2.24, 2.45) is 11.8 Å². The minimum Gasteiger partial charge on any atom is -0.393 e. The summed E-state index contributed by atoms with van der Waals surface area (Å²) < 4.78 is 31.5. The Morgan fingerprint density at radius 2 is 2.00 bits per heavy atom. The lowest BCUT2D eigenvalue weighted by Crippen LogP contribution is -2.44. The first-order valence-electron chi connectivity index (χ1n) is 6.32. The molecule has 0 bridgehead atoms. The molecule has 9 heteroatoms. The summed E-state index contributed by atoms with van der Waals surface area (Å²) in [6.45, 7) is 1.91. The average Bonchev–Trinajstić information content (AvgIpc) is 2.91. The Morgan fingerprint density at radius 3 is 2.62 bits per heavy atom. The predicted octanol–water partition coefficient (Wildman–Crippen LogP) is 1.42. The molecule has 21 heavy (non-hydrogen) atoms. The highest BCUT2D eigenvalue weighted by atomic mass is 35.5. The summed E-state index contributed by atoms with van der Waals surface area (Å²) in [6, 6.07) is 1.52. The van der Waals surface area contributed by atoms with Crippen LogP contribution in [0.5, 0.6) is 0 Å². The maximum atomic E-state index is 12.6. The summed E-state index contributed by atoms with van der Waals surface area (Å²) in [6.07, 6.45) is 0.298. The van der Waals surface area contributed by atoms with Crippen LogP contribution >= 0.6 is 22.9 Å². The van der Waals surface area contributed by atoms with Gasteiger partial charge in [0.1, 0.15) is 4.21 Å². The Labute approximate surface area is 130 Å². The van der Waals surface area contributed by atoms with Crippen molar-refractivity contribution in [3.63, 3.8) is 0 Å². The van der Waals surface area contributed by atoms with Gasteiger partial charge < -0.3 is 4.74 Å². The van der Waals surface area contributed by atoms with E-state index in [2.05, 4.69) is 4.74 Å². The molecule has 6 nitrogen and oxygen atoms in total. The van der Waals surface area contributed by atoms with E-state index in [0.29, 0.717) is 16.3 Å². The molecule has 2 unspecified atom stereocenters. The molecule has 0 spiro atoms. The number of sulfonamides is 1. The largest absolute Gasteiger partial charge is 0.393 e. The number of fused-ring (bicyclic) bond motifs is 1. The van der Waals surface area contributed by atoms with Gasteiger partial charge in [-0.05, 0) is 25.0 Å². The Bertz CT molecular complexity index is 707. The summed E-state index contributed by atoms with van der Waals surface area (Å²) >= 11 is 6.92. The van der Waals surface area contributed by atoms with E-state index in [1.54, 1.807) is 6.92 Å². The highest BCUT2D eigenvalue weighted by Crippen LogP contribution is 2.37. The quantitative estimate of drug-likeness (QED) is 0.596. The molecule has 2 fully saturated rings. The van der Waals surface area contributed by atoms with Gasteiger partial charge in [-0.3, -0.25) is 9.59 Å². The summed E-state index contributed by atoms with van der Waals surface area (Å²) in [5, 5.41) is 0. The molecule has 0 amide bonds. The standard InChI is InChI=1S/C12H12ClNO5S2/c1-6-4-9(20-10(6)13)21(17,18)14-3-2-7-8(5-14)12(16)19-11(7)15/h4,7-8H,2-3,5H2,1H3. The second-order valence-electron chi connectivity index (χ2n) is 5.13. The number of carbonyl (C=O) groups excluding carboxylic acids is 2. The molecule has 0 aliphatic carbocycles. The van der Waals surface area contributed by atoms with Gasteiger partial charge in [0.15, 0.2) is 0 Å². The van der Waals surface area contributed by atoms with Crippen LogP contribution in [0, 0.1) is 18.8 Å². The zero-order valence-corrected chi connectivity index (χ0v) is 13.4. The number of rotatable bonds is 2. The summed E-state index contributed by atoms with van der Waals surface area (Å²) in [7, 11) is -3.69. The number of aryl methyl sites for hydroxylation is 1. The highest BCUT2D eigenvalue weighted by Gasteiger charge is 2.49. The Hall–Kier alpha value is -0.960. The number of carbonyl (C=O) groups is 2. The third-order valence-corrected chi connectivity index (χ3v) is 7.68. The summed E-state index contributed by atoms with van der Waals surface area (Å²) in [4.78, 5) is 23.1. The van der Waals surface area contributed by atoms with Crippen LogP contribution in [0.15, 0.2) is 10.3 Å². The van der Waals surface area contributed by atoms with Gasteiger partial charge in [-0.1, -0.05) is 11.6 Å². The van der Waals surface area contributed by atoms with Crippen LogP contribution in [0.25, 0.3) is 0 Å². The van der Waals surface area contributed by atoms with E-state index in [9.17, 15) is 18.0 Å². The van der Waals surface area contributed by atoms with E-state index in [4.69, 9.17) is 11.6 Å². The van der Waals surface area contributed by atoms with Crippen molar-refractivity contribution in [3.05, 3.63) is 16.0 Å². The van der Waals surface area contributed by atoms with E-state index in [-0.39, 0.29) is 17.3 Å². The van der Waals surface area contributed by atoms with Gasteiger partial charge in [0.2, 0.25) is 0 Å². The monoisotopic (exact) mass is 349 g/mol. The number of nitrogens with zero attached hydrogens (tertiary/aromatic N) is 1. The molecule has 2 aliphatic heterocycles. The van der Waals surface area contributed by atoms with E-state index in [0.717, 1.165) is 11.3 Å². The van der Waals surface area contributed by atoms with E-state index >= 15 is 0 Å². The molecule has 0 saturated carbocycles. The third kappa shape index (κ3) is 2.40. The minimum absolute atomic E-state index is 0.0217. The summed E-state index contributed by atoms with van der Waals surface area (Å²) in [5.74, 6) is -2.39. The van der Waals surface area contributed by atoms with Crippen molar-refractivity contribution in [2.45, 2.75) is 17.6 Å². The van der Waals surface area contributed by atoms with Crippen LogP contribution in [-0.2, 0) is 24.3 Å². The van der Waals surface area contributed by atoms with Crippen LogP contribution in [0.2, 0.25) is 4.34 Å². The number of ether oxygens (including phenoxy) is 1. The van der Waals surface area contributed by atoms with Gasteiger partial charge in [0, 0.05) is 13.1 Å². The van der Waals surface area contributed by atoms with Crippen LogP contribution in [0.3, 0.4) is 0 Å². The van der Waals surface area contributed by atoms with Gasteiger partial charge in [0.25, 0.3) is 10.0 Å². The topological polar surface area (TPSA) is 80.8 Å². The molecule has 3 rings (SSSR count). The molecule has 114 valence electrons. The SMILES string of the molecule is Cc1cc(S(=O)(=O)N2CCC3C(=O)OC(=O)C3C2)sc1Cl. The first-order chi connectivity index (χ1) is 9.80. The fourth-order valence-electron chi connectivity index (χ4n) is 2.60. The number of cyclic esters (lactones) is 2. The van der Waals surface area contributed by atoms with Crippen molar-refractivity contribution >= 4 is 44.9 Å². The Kier molecular flexibility index (Phi) is 3.59. The fourth-order valence-corrected chi connectivity index (χ4v) is 5.94. The van der Waals surface area contributed by atoms with Crippen molar-refractivity contribution in [1.82, 2.24) is 4.31 Å². The average molecular weight is 350 g/mol. The van der Waals surface area contributed by atoms with Crippen LogP contribution in [-0.4, -0.2) is 37.8 Å². The number of esters is 2. The number of hydrogen-bond donors (Lipinski definition) is 0. The molecule has 1 aromatic rings. The van der Waals surface area contributed by atoms with Crippen molar-refractivity contribution in [3.8, 4) is 0 Å². The van der Waals surface area contributed by atoms with Crippen LogP contribution < -0.4 is 0 Å². The normalized spacial score (nSPS) is 26.8. The lowest BCUT2D eigenvalue weighted by molar-refractivity contribution is -0.153. The predicted molar refractivity (Wildman–Crippen MR) is 75.5 cm³/mol. The molecular weight excluding hydrogens is 338 g/mol. The molecule has 2 aliphatic rings. The Balaban J connectivity index is 1.88. The molecular formula is C12H12ClNO5S2. The van der Waals surface area contributed by atoms with Gasteiger partial charge in [0.05, 0.1) is 16.2 Å². The highest BCUT2D eigenvalue weighted by molar-refractivity contribution is 7.91. The number of thiophene rings is 1. The van der Waals surface area contributed by atoms with Crippen molar-refractivity contribution in [2.75, 3.05) is 13.1 Å². The second-order valence-corrected chi connectivity index (χ2v) is 8.95. The van der Waals surface area contributed by atoms with Gasteiger partial charge in [-0.15, -0.1) is 11.3 Å². The first-order valence-corrected chi connectivity index (χ1v) is 8.96. The third-order valence-electron chi connectivity index (χ3n) is 3.81. The number of halogens is 1. The molecule has 0 aromatic carbocycles.